The third kappa shape index (κ3) is 4.18. The number of ether oxygens (including phenoxy) is 2. The normalized spacial score (nSPS) is 35.1. The first kappa shape index (κ1) is 26.6. The van der Waals surface area contributed by atoms with Gasteiger partial charge in [0.25, 0.3) is 10.1 Å². The predicted octanol–water partition coefficient (Wildman–Crippen LogP) is 4.15. The molecular weight excluding hydrogens is 512 g/mol. The molecule has 1 aliphatic heterocycles. The summed E-state index contributed by atoms with van der Waals surface area (Å²) >= 11 is 0. The highest BCUT2D eigenvalue weighted by Crippen LogP contribution is 2.65. The molecule has 0 unspecified atom stereocenters. The third-order valence-electron chi connectivity index (χ3n) is 9.06. The van der Waals surface area contributed by atoms with Crippen molar-refractivity contribution in [2.75, 3.05) is 7.11 Å². The van der Waals surface area contributed by atoms with Crippen molar-refractivity contribution in [2.24, 2.45) is 28.6 Å². The van der Waals surface area contributed by atoms with Crippen molar-refractivity contribution in [1.29, 1.82) is 0 Å². The molecule has 0 spiro atoms. The van der Waals surface area contributed by atoms with E-state index in [-0.39, 0.29) is 11.3 Å². The van der Waals surface area contributed by atoms with Gasteiger partial charge in [-0.2, -0.15) is 8.42 Å². The first-order chi connectivity index (χ1) is 17.9. The summed E-state index contributed by atoms with van der Waals surface area (Å²) < 4.78 is 48.0. The van der Waals surface area contributed by atoms with Crippen LogP contribution in [-0.4, -0.2) is 39.4 Å². The maximum absolute atomic E-state index is 14.2. The molecule has 3 aliphatic rings. The molecule has 7 atom stereocenters. The molecule has 2 saturated carbocycles. The molecule has 1 aromatic heterocycles. The molecule has 0 amide bonds. The molecule has 204 valence electrons. The van der Waals surface area contributed by atoms with Gasteiger partial charge in [-0.25, -0.2) is 0 Å². The lowest BCUT2D eigenvalue weighted by molar-refractivity contribution is -0.206. The van der Waals surface area contributed by atoms with Crippen LogP contribution in [0.4, 0.5) is 0 Å². The Hall–Kier alpha value is -2.98. The van der Waals surface area contributed by atoms with E-state index in [2.05, 4.69) is 0 Å². The largest absolute Gasteiger partial charge is 0.472 e. The molecule has 38 heavy (non-hydrogen) atoms. The van der Waals surface area contributed by atoms with E-state index in [9.17, 15) is 22.8 Å². The van der Waals surface area contributed by atoms with Crippen LogP contribution < -0.4 is 0 Å². The van der Waals surface area contributed by atoms with E-state index in [1.807, 2.05) is 20.8 Å². The zero-order valence-corrected chi connectivity index (χ0v) is 22.7. The molecule has 1 aromatic carbocycles. The van der Waals surface area contributed by atoms with Crippen LogP contribution >= 0.6 is 0 Å². The second-order valence-corrected chi connectivity index (χ2v) is 12.9. The fourth-order valence-electron chi connectivity index (χ4n) is 7.16. The van der Waals surface area contributed by atoms with Crippen LogP contribution in [0.25, 0.3) is 0 Å². The van der Waals surface area contributed by atoms with E-state index in [0.717, 1.165) is 5.56 Å². The maximum atomic E-state index is 14.2. The second kappa shape index (κ2) is 9.34. The summed E-state index contributed by atoms with van der Waals surface area (Å²) in [5.41, 5.74) is -0.227. The lowest BCUT2D eigenvalue weighted by Crippen LogP contribution is -2.64. The Kier molecular flexibility index (Phi) is 6.54. The molecule has 10 heteroatoms. The SMILES string of the molecule is COC(=O)[C@@H]1C[C@H](OS(=O)(=O)c2ccc(C)cc2)C(=O)[C@H]2[C@@]1(C)CC[C@H]1C(=O)O[C@H](c3ccoc3)C[C@]21C. The molecule has 9 nitrogen and oxygen atoms in total. The standard InChI is InChI=1S/C28H32O9S/c1-16-5-7-18(8-6-16)38(32,33)37-21-13-20(25(30)34-4)27(2)11-9-19-26(31)36-22(17-10-12-35-15-17)14-28(19,3)24(27)23(21)29/h5-8,10,12,15,19-22,24H,9,11,13-14H2,1-4H3/t19-,20-,21-,22-,24-,27-,28-/m0/s1. The van der Waals surface area contributed by atoms with Gasteiger partial charge in [0, 0.05) is 11.5 Å². The molecule has 2 aliphatic carbocycles. The summed E-state index contributed by atoms with van der Waals surface area (Å²) in [6.07, 6.45) is 2.00. The van der Waals surface area contributed by atoms with Crippen molar-refractivity contribution < 1.29 is 40.9 Å². The first-order valence-electron chi connectivity index (χ1n) is 12.7. The molecule has 0 radical (unpaired) electrons. The lowest BCUT2D eigenvalue weighted by atomic mass is 9.43. The Morgan fingerprint density at radius 1 is 1.08 bits per heavy atom. The summed E-state index contributed by atoms with van der Waals surface area (Å²) in [5.74, 6) is -3.58. The number of hydrogen-bond acceptors (Lipinski definition) is 9. The van der Waals surface area contributed by atoms with Gasteiger partial charge in [0.1, 0.15) is 12.2 Å². The zero-order valence-electron chi connectivity index (χ0n) is 21.8. The topological polar surface area (TPSA) is 126 Å². The van der Waals surface area contributed by atoms with Crippen molar-refractivity contribution in [2.45, 2.75) is 63.6 Å². The number of esters is 2. The Morgan fingerprint density at radius 2 is 1.79 bits per heavy atom. The van der Waals surface area contributed by atoms with Gasteiger partial charge in [-0.1, -0.05) is 31.5 Å². The minimum Gasteiger partial charge on any atom is -0.472 e. The highest BCUT2D eigenvalue weighted by molar-refractivity contribution is 7.86. The third-order valence-corrected chi connectivity index (χ3v) is 10.4. The van der Waals surface area contributed by atoms with Gasteiger partial charge in [0.2, 0.25) is 0 Å². The van der Waals surface area contributed by atoms with Gasteiger partial charge < -0.3 is 13.9 Å². The second-order valence-electron chi connectivity index (χ2n) is 11.3. The van der Waals surface area contributed by atoms with Crippen LogP contribution in [0.1, 0.15) is 56.8 Å². The summed E-state index contributed by atoms with van der Waals surface area (Å²) in [6.45, 7) is 5.57. The van der Waals surface area contributed by atoms with Crippen LogP contribution in [-0.2, 0) is 38.2 Å². The van der Waals surface area contributed by atoms with Crippen molar-refractivity contribution in [3.8, 4) is 0 Å². The first-order valence-corrected chi connectivity index (χ1v) is 14.2. The van der Waals surface area contributed by atoms with Crippen molar-refractivity contribution in [3.05, 3.63) is 54.0 Å². The van der Waals surface area contributed by atoms with Gasteiger partial charge in [0.15, 0.2) is 5.78 Å². The Bertz CT molecular complexity index is 1350. The number of hydrogen-bond donors (Lipinski definition) is 0. The summed E-state index contributed by atoms with van der Waals surface area (Å²) in [7, 11) is -3.03. The average molecular weight is 545 g/mol. The van der Waals surface area contributed by atoms with Gasteiger partial charge in [0.05, 0.1) is 36.4 Å². The van der Waals surface area contributed by atoms with Crippen LogP contribution in [0.2, 0.25) is 0 Å². The highest BCUT2D eigenvalue weighted by Gasteiger charge is 2.67. The molecule has 0 N–H and O–H groups in total. The molecule has 5 rings (SSSR count). The number of furan rings is 1. The van der Waals surface area contributed by atoms with Crippen molar-refractivity contribution >= 4 is 27.8 Å². The minimum atomic E-state index is -4.31. The summed E-state index contributed by atoms with van der Waals surface area (Å²) in [6, 6.07) is 7.84. The number of carbonyl (C=O) groups excluding carboxylic acids is 3. The molecule has 0 bridgehead atoms. The van der Waals surface area contributed by atoms with Gasteiger partial charge in [-0.15, -0.1) is 0 Å². The quantitative estimate of drug-likeness (QED) is 0.403. The summed E-state index contributed by atoms with van der Waals surface area (Å²) in [5, 5.41) is 0. The molecule has 3 fully saturated rings. The number of methoxy groups -OCH3 is 1. The van der Waals surface area contributed by atoms with E-state index >= 15 is 0 Å². The van der Waals surface area contributed by atoms with E-state index < -0.39 is 68.6 Å². The number of ketones is 1. The van der Waals surface area contributed by atoms with Crippen LogP contribution in [0, 0.1) is 35.5 Å². The smallest absolute Gasteiger partial charge is 0.310 e. The number of carbonyl (C=O) groups is 3. The number of fused-ring (bicyclic) bond motifs is 3. The average Bonchev–Trinajstić information content (AvgIpc) is 3.40. The molecular formula is C28H32O9S. The van der Waals surface area contributed by atoms with Gasteiger partial charge >= 0.3 is 11.9 Å². The van der Waals surface area contributed by atoms with Crippen LogP contribution in [0.5, 0.6) is 0 Å². The van der Waals surface area contributed by atoms with E-state index in [1.54, 1.807) is 18.2 Å². The van der Waals surface area contributed by atoms with Gasteiger partial charge in [-0.05, 0) is 61.6 Å². The summed E-state index contributed by atoms with van der Waals surface area (Å²) in [4.78, 5) is 40.5. The number of aryl methyl sites for hydroxylation is 1. The van der Waals surface area contributed by atoms with Gasteiger partial charge in [-0.3, -0.25) is 18.6 Å². The predicted molar refractivity (Wildman–Crippen MR) is 133 cm³/mol. The fourth-order valence-corrected chi connectivity index (χ4v) is 8.22. The van der Waals surface area contributed by atoms with Crippen molar-refractivity contribution in [1.82, 2.24) is 0 Å². The lowest BCUT2D eigenvalue weighted by Gasteiger charge is -2.61. The Balaban J connectivity index is 1.56. The van der Waals surface area contributed by atoms with E-state index in [0.29, 0.717) is 24.8 Å². The van der Waals surface area contributed by atoms with Crippen LogP contribution in [0.3, 0.4) is 0 Å². The van der Waals surface area contributed by atoms with Crippen molar-refractivity contribution in [3.63, 3.8) is 0 Å². The Morgan fingerprint density at radius 3 is 2.42 bits per heavy atom. The Labute approximate surface area is 221 Å². The monoisotopic (exact) mass is 544 g/mol. The van der Waals surface area contributed by atoms with E-state index in [4.69, 9.17) is 18.1 Å². The number of Topliss-reactive ketones (excluding diaryl/α,β-unsaturated/α-hetero) is 1. The van der Waals surface area contributed by atoms with E-state index in [1.165, 1.54) is 31.8 Å². The minimum absolute atomic E-state index is 0.0761. The highest BCUT2D eigenvalue weighted by atomic mass is 32.2. The fraction of sp³-hybridized carbons (Fsp3) is 0.536. The molecule has 2 aromatic rings. The molecule has 1 saturated heterocycles. The number of cyclic esters (lactones) is 1. The number of rotatable bonds is 5. The number of benzene rings is 1. The molecule has 2 heterocycles. The zero-order chi connectivity index (χ0) is 27.5. The van der Waals surface area contributed by atoms with Crippen LogP contribution in [0.15, 0.2) is 52.2 Å². The maximum Gasteiger partial charge on any atom is 0.310 e.